The Morgan fingerprint density at radius 3 is 2.83 bits per heavy atom. The number of hydrogen-bond acceptors (Lipinski definition) is 4. The van der Waals surface area contributed by atoms with Crippen molar-refractivity contribution in [3.63, 3.8) is 0 Å². The Balaban J connectivity index is 1.56. The third-order valence-electron chi connectivity index (χ3n) is 4.74. The lowest BCUT2D eigenvalue weighted by molar-refractivity contribution is -0.111. The molecule has 0 saturated carbocycles. The van der Waals surface area contributed by atoms with Crippen molar-refractivity contribution in [3.8, 4) is 11.6 Å². The first-order chi connectivity index (χ1) is 13.9. The van der Waals surface area contributed by atoms with Crippen molar-refractivity contribution in [2.45, 2.75) is 32.6 Å². The van der Waals surface area contributed by atoms with Crippen molar-refractivity contribution in [2.75, 3.05) is 11.9 Å². The van der Waals surface area contributed by atoms with Crippen LogP contribution >= 0.6 is 0 Å². The van der Waals surface area contributed by atoms with Gasteiger partial charge in [-0.1, -0.05) is 32.9 Å². The van der Waals surface area contributed by atoms with E-state index in [0.717, 1.165) is 30.0 Å². The zero-order valence-corrected chi connectivity index (χ0v) is 16.8. The lowest BCUT2D eigenvalue weighted by Crippen LogP contribution is -2.13. The minimum absolute atomic E-state index is 0.151. The third kappa shape index (κ3) is 4.21. The molecule has 0 atom stereocenters. The maximum absolute atomic E-state index is 12.6. The molecular formula is C23H24N4O2. The highest BCUT2D eigenvalue weighted by Gasteiger charge is 2.21. The quantitative estimate of drug-likeness (QED) is 0.682. The number of hydrogen-bond donors (Lipinski definition) is 1. The highest BCUT2D eigenvalue weighted by Crippen LogP contribution is 2.27. The second-order valence-electron chi connectivity index (χ2n) is 8.05. The van der Waals surface area contributed by atoms with Crippen LogP contribution in [0.25, 0.3) is 11.9 Å². The number of rotatable bonds is 4. The molecular weight excluding hydrogens is 364 g/mol. The number of carbonyl (C=O) groups excluding carboxylic acids is 1. The maximum atomic E-state index is 12.6. The molecule has 1 aromatic carbocycles. The monoisotopic (exact) mass is 388 g/mol. The fourth-order valence-electron chi connectivity index (χ4n) is 3.14. The molecule has 1 amide bonds. The molecule has 1 aliphatic heterocycles. The van der Waals surface area contributed by atoms with Crippen LogP contribution in [0, 0.1) is 0 Å². The SMILES string of the molecule is CC(C)(C)c1cc(NC(=O)/C=C/c2ccc3c(c2)CCO3)n(-c2ccccn2)n1. The van der Waals surface area contributed by atoms with E-state index in [9.17, 15) is 4.79 Å². The normalized spacial score (nSPS) is 13.3. The van der Waals surface area contributed by atoms with Gasteiger partial charge in [-0.2, -0.15) is 9.78 Å². The van der Waals surface area contributed by atoms with Gasteiger partial charge in [-0.3, -0.25) is 4.79 Å². The van der Waals surface area contributed by atoms with Crippen LogP contribution in [0.15, 0.2) is 54.7 Å². The van der Waals surface area contributed by atoms with E-state index in [1.54, 1.807) is 17.0 Å². The van der Waals surface area contributed by atoms with Crippen molar-refractivity contribution < 1.29 is 9.53 Å². The second kappa shape index (κ2) is 7.54. The van der Waals surface area contributed by atoms with Crippen LogP contribution in [0.1, 0.15) is 37.6 Å². The highest BCUT2D eigenvalue weighted by molar-refractivity contribution is 6.01. The summed E-state index contributed by atoms with van der Waals surface area (Å²) in [5, 5.41) is 7.60. The average molecular weight is 388 g/mol. The van der Waals surface area contributed by atoms with E-state index in [1.807, 2.05) is 36.4 Å². The van der Waals surface area contributed by atoms with Crippen LogP contribution in [-0.2, 0) is 16.6 Å². The number of aromatic nitrogens is 3. The van der Waals surface area contributed by atoms with Crippen LogP contribution < -0.4 is 10.1 Å². The number of pyridine rings is 1. The van der Waals surface area contributed by atoms with E-state index >= 15 is 0 Å². The van der Waals surface area contributed by atoms with Gasteiger partial charge in [0.25, 0.3) is 0 Å². The Morgan fingerprint density at radius 1 is 1.21 bits per heavy atom. The van der Waals surface area contributed by atoms with Crippen LogP contribution in [0.4, 0.5) is 5.82 Å². The number of nitrogens with zero attached hydrogens (tertiary/aromatic N) is 3. The molecule has 6 heteroatoms. The zero-order chi connectivity index (χ0) is 20.4. The minimum atomic E-state index is -0.223. The van der Waals surface area contributed by atoms with Gasteiger partial charge in [0.05, 0.1) is 12.3 Å². The standard InChI is InChI=1S/C23H24N4O2/c1-23(2,3)19-15-21(27(26-19)20-6-4-5-12-24-20)25-22(28)10-8-16-7-9-18-17(14-16)11-13-29-18/h4-10,12,14-15H,11,13H2,1-3H3,(H,25,28)/b10-8+. The molecule has 0 fully saturated rings. The number of anilines is 1. The van der Waals surface area contributed by atoms with Crippen LogP contribution in [0.3, 0.4) is 0 Å². The van der Waals surface area contributed by atoms with Gasteiger partial charge in [-0.25, -0.2) is 4.98 Å². The van der Waals surface area contributed by atoms with E-state index in [1.165, 1.54) is 11.6 Å². The molecule has 2 aromatic heterocycles. The summed E-state index contributed by atoms with van der Waals surface area (Å²) in [4.78, 5) is 16.9. The van der Waals surface area contributed by atoms with Gasteiger partial charge in [0.15, 0.2) is 5.82 Å². The van der Waals surface area contributed by atoms with Gasteiger partial charge in [-0.15, -0.1) is 0 Å². The molecule has 29 heavy (non-hydrogen) atoms. The van der Waals surface area contributed by atoms with Gasteiger partial charge >= 0.3 is 0 Å². The summed E-state index contributed by atoms with van der Waals surface area (Å²) in [6.45, 7) is 6.97. The Labute approximate surface area is 170 Å². The van der Waals surface area contributed by atoms with Crippen molar-refractivity contribution in [2.24, 2.45) is 0 Å². The number of benzene rings is 1. The molecule has 3 heterocycles. The molecule has 6 nitrogen and oxygen atoms in total. The number of carbonyl (C=O) groups is 1. The molecule has 148 valence electrons. The number of ether oxygens (including phenoxy) is 1. The summed E-state index contributed by atoms with van der Waals surface area (Å²) in [6, 6.07) is 13.5. The van der Waals surface area contributed by atoms with Crippen molar-refractivity contribution >= 4 is 17.8 Å². The Bertz CT molecular complexity index is 1060. The summed E-state index contributed by atoms with van der Waals surface area (Å²) in [5.41, 5.74) is 2.87. The minimum Gasteiger partial charge on any atom is -0.493 e. The number of amides is 1. The largest absolute Gasteiger partial charge is 0.493 e. The molecule has 0 radical (unpaired) electrons. The van der Waals surface area contributed by atoms with Crippen LogP contribution in [0.5, 0.6) is 5.75 Å². The first kappa shape index (κ1) is 18.9. The topological polar surface area (TPSA) is 69.0 Å². The van der Waals surface area contributed by atoms with E-state index in [2.05, 4.69) is 42.2 Å². The highest BCUT2D eigenvalue weighted by atomic mass is 16.5. The first-order valence-electron chi connectivity index (χ1n) is 9.67. The maximum Gasteiger partial charge on any atom is 0.249 e. The fraction of sp³-hybridized carbons (Fsp3) is 0.261. The van der Waals surface area contributed by atoms with Crippen LogP contribution in [0.2, 0.25) is 0 Å². The molecule has 1 aliphatic rings. The average Bonchev–Trinajstić information content (AvgIpc) is 3.33. The summed E-state index contributed by atoms with van der Waals surface area (Å²) in [6.07, 6.45) is 5.95. The van der Waals surface area contributed by atoms with Crippen molar-refractivity contribution in [1.29, 1.82) is 0 Å². The van der Waals surface area contributed by atoms with E-state index in [0.29, 0.717) is 11.6 Å². The van der Waals surface area contributed by atoms with Gasteiger partial charge < -0.3 is 10.1 Å². The van der Waals surface area contributed by atoms with E-state index < -0.39 is 0 Å². The summed E-state index contributed by atoms with van der Waals surface area (Å²) >= 11 is 0. The smallest absolute Gasteiger partial charge is 0.249 e. The lowest BCUT2D eigenvalue weighted by atomic mass is 9.92. The molecule has 0 aliphatic carbocycles. The molecule has 3 aromatic rings. The molecule has 0 bridgehead atoms. The molecule has 0 spiro atoms. The third-order valence-corrected chi connectivity index (χ3v) is 4.74. The molecule has 0 unspecified atom stereocenters. The van der Waals surface area contributed by atoms with Crippen LogP contribution in [-0.4, -0.2) is 27.3 Å². The molecule has 4 rings (SSSR count). The van der Waals surface area contributed by atoms with Gasteiger partial charge in [-0.05, 0) is 41.5 Å². The Hall–Kier alpha value is -3.41. The summed E-state index contributed by atoms with van der Waals surface area (Å²) in [5.74, 6) is 1.95. The van der Waals surface area contributed by atoms with Gasteiger partial charge in [0, 0.05) is 30.2 Å². The van der Waals surface area contributed by atoms with E-state index in [-0.39, 0.29) is 11.3 Å². The Kier molecular flexibility index (Phi) is 4.92. The predicted molar refractivity (Wildman–Crippen MR) is 113 cm³/mol. The first-order valence-corrected chi connectivity index (χ1v) is 9.67. The predicted octanol–water partition coefficient (Wildman–Crippen LogP) is 4.15. The zero-order valence-electron chi connectivity index (χ0n) is 16.8. The lowest BCUT2D eigenvalue weighted by Gasteiger charge is -2.13. The van der Waals surface area contributed by atoms with Crippen molar-refractivity contribution in [3.05, 3.63) is 71.6 Å². The van der Waals surface area contributed by atoms with Crippen molar-refractivity contribution in [1.82, 2.24) is 14.8 Å². The van der Waals surface area contributed by atoms with Gasteiger partial charge in [0.2, 0.25) is 5.91 Å². The Morgan fingerprint density at radius 2 is 2.07 bits per heavy atom. The van der Waals surface area contributed by atoms with E-state index in [4.69, 9.17) is 4.74 Å². The number of nitrogens with one attached hydrogen (secondary N) is 1. The number of fused-ring (bicyclic) bond motifs is 1. The molecule has 0 saturated heterocycles. The fourth-order valence-corrected chi connectivity index (χ4v) is 3.14. The molecule has 1 N–H and O–H groups in total. The second-order valence-corrected chi connectivity index (χ2v) is 8.05. The summed E-state index contributed by atoms with van der Waals surface area (Å²) < 4.78 is 7.19. The summed E-state index contributed by atoms with van der Waals surface area (Å²) in [7, 11) is 0. The van der Waals surface area contributed by atoms with Gasteiger partial charge in [0.1, 0.15) is 11.6 Å².